The third-order valence-corrected chi connectivity index (χ3v) is 4.18. The summed E-state index contributed by atoms with van der Waals surface area (Å²) in [4.78, 5) is 4.45. The van der Waals surface area contributed by atoms with E-state index in [2.05, 4.69) is 15.2 Å². The van der Waals surface area contributed by atoms with Gasteiger partial charge in [0.15, 0.2) is 5.82 Å². The quantitative estimate of drug-likeness (QED) is 0.392. The van der Waals surface area contributed by atoms with Gasteiger partial charge < -0.3 is 0 Å². The number of rotatable bonds is 2. The third-order valence-electron chi connectivity index (χ3n) is 3.15. The molecule has 0 unspecified atom stereocenters. The molecule has 3 aromatic rings. The van der Waals surface area contributed by atoms with Crippen LogP contribution in [0.25, 0.3) is 5.65 Å². The largest absolute Gasteiger partial charge is 0.283 e. The Kier molecular flexibility index (Phi) is 4.08. The minimum Gasteiger partial charge on any atom is -0.283 e. The summed E-state index contributed by atoms with van der Waals surface area (Å²) >= 11 is 18.0. The minimum absolute atomic E-state index is 0.380. The molecule has 2 heterocycles. The van der Waals surface area contributed by atoms with E-state index >= 15 is 0 Å². The Labute approximate surface area is 142 Å². The molecule has 3 rings (SSSR count). The van der Waals surface area contributed by atoms with E-state index in [-0.39, 0.29) is 0 Å². The Morgan fingerprint density at radius 1 is 0.955 bits per heavy atom. The zero-order valence-corrected chi connectivity index (χ0v) is 14.1. The average Bonchev–Trinajstić information content (AvgIpc) is 2.77. The summed E-state index contributed by atoms with van der Waals surface area (Å²) in [7, 11) is 0. The number of imidazole rings is 1. The average molecular weight is 354 g/mol. The number of azo groups is 1. The zero-order chi connectivity index (χ0) is 15.9. The van der Waals surface area contributed by atoms with Crippen LogP contribution in [0.15, 0.2) is 40.7 Å². The van der Waals surface area contributed by atoms with Crippen LogP contribution in [-0.4, -0.2) is 9.38 Å². The van der Waals surface area contributed by atoms with Crippen LogP contribution in [0.4, 0.5) is 11.5 Å². The highest BCUT2D eigenvalue weighted by Gasteiger charge is 2.09. The van der Waals surface area contributed by atoms with Gasteiger partial charge in [-0.25, -0.2) is 4.98 Å². The molecule has 1 aromatic carbocycles. The van der Waals surface area contributed by atoms with Crippen molar-refractivity contribution in [2.45, 2.75) is 13.8 Å². The predicted molar refractivity (Wildman–Crippen MR) is 90.3 cm³/mol. The van der Waals surface area contributed by atoms with Gasteiger partial charge in [-0.15, -0.1) is 10.2 Å². The Morgan fingerprint density at radius 3 is 2.45 bits per heavy atom. The van der Waals surface area contributed by atoms with E-state index in [0.717, 1.165) is 16.9 Å². The minimum atomic E-state index is 0.380. The van der Waals surface area contributed by atoms with Crippen LogP contribution in [0.2, 0.25) is 15.1 Å². The summed E-state index contributed by atoms with van der Waals surface area (Å²) in [5.41, 5.74) is 3.16. The predicted octanol–water partition coefficient (Wildman–Crippen LogP) is 6.33. The molecular weight excluding hydrogens is 343 g/mol. The number of aromatic nitrogens is 2. The van der Waals surface area contributed by atoms with Gasteiger partial charge >= 0.3 is 0 Å². The SMILES string of the molecule is Cc1ccc2nc(C)c(N=Nc3cc(Cl)c(Cl)cc3Cl)n2c1. The fraction of sp³-hybridized carbons (Fsp3) is 0.133. The van der Waals surface area contributed by atoms with Gasteiger partial charge in [0.2, 0.25) is 0 Å². The van der Waals surface area contributed by atoms with E-state index in [1.165, 1.54) is 0 Å². The molecule has 0 bridgehead atoms. The van der Waals surface area contributed by atoms with Crippen LogP contribution < -0.4 is 0 Å². The lowest BCUT2D eigenvalue weighted by atomic mass is 10.3. The fourth-order valence-electron chi connectivity index (χ4n) is 2.07. The van der Waals surface area contributed by atoms with E-state index in [0.29, 0.717) is 26.6 Å². The first kappa shape index (κ1) is 15.3. The molecule has 0 aliphatic carbocycles. The van der Waals surface area contributed by atoms with E-state index in [9.17, 15) is 0 Å². The number of aryl methyl sites for hydroxylation is 2. The molecule has 0 fully saturated rings. The second-order valence-electron chi connectivity index (χ2n) is 4.87. The van der Waals surface area contributed by atoms with Crippen molar-refractivity contribution in [1.29, 1.82) is 0 Å². The highest BCUT2D eigenvalue weighted by atomic mass is 35.5. The Morgan fingerprint density at radius 2 is 1.68 bits per heavy atom. The van der Waals surface area contributed by atoms with Gasteiger partial charge in [0.25, 0.3) is 0 Å². The van der Waals surface area contributed by atoms with Crippen LogP contribution in [0.5, 0.6) is 0 Å². The monoisotopic (exact) mass is 352 g/mol. The van der Waals surface area contributed by atoms with Crippen molar-refractivity contribution in [3.05, 3.63) is 56.8 Å². The van der Waals surface area contributed by atoms with Crippen LogP contribution >= 0.6 is 34.8 Å². The molecule has 112 valence electrons. The van der Waals surface area contributed by atoms with Gasteiger partial charge in [0.05, 0.1) is 20.8 Å². The molecule has 4 nitrogen and oxygen atoms in total. The maximum atomic E-state index is 6.11. The first-order valence-corrected chi connectivity index (χ1v) is 7.60. The summed E-state index contributed by atoms with van der Waals surface area (Å²) in [5, 5.41) is 9.61. The molecule has 2 aromatic heterocycles. The molecule has 0 N–H and O–H groups in total. The summed E-state index contributed by atoms with van der Waals surface area (Å²) < 4.78 is 1.89. The molecule has 0 radical (unpaired) electrons. The topological polar surface area (TPSA) is 42.0 Å². The summed E-state index contributed by atoms with van der Waals surface area (Å²) in [5.74, 6) is 0.654. The molecule has 0 spiro atoms. The molecule has 0 aliphatic heterocycles. The summed E-state index contributed by atoms with van der Waals surface area (Å²) in [6.07, 6.45) is 1.96. The van der Waals surface area contributed by atoms with Crippen LogP contribution in [-0.2, 0) is 0 Å². The molecule has 7 heteroatoms. The highest BCUT2D eigenvalue weighted by molar-refractivity contribution is 6.43. The molecule has 0 atom stereocenters. The van der Waals surface area contributed by atoms with Gasteiger partial charge in [-0.1, -0.05) is 40.9 Å². The van der Waals surface area contributed by atoms with E-state index in [4.69, 9.17) is 34.8 Å². The van der Waals surface area contributed by atoms with Crippen LogP contribution in [0.1, 0.15) is 11.3 Å². The fourth-order valence-corrected chi connectivity index (χ4v) is 2.65. The Balaban J connectivity index is 2.08. The first-order valence-electron chi connectivity index (χ1n) is 6.47. The van der Waals surface area contributed by atoms with E-state index in [1.807, 2.05) is 36.6 Å². The number of hydrogen-bond acceptors (Lipinski definition) is 3. The molecule has 0 aliphatic rings. The second kappa shape index (κ2) is 5.88. The van der Waals surface area contributed by atoms with Gasteiger partial charge in [0, 0.05) is 6.20 Å². The van der Waals surface area contributed by atoms with E-state index in [1.54, 1.807) is 12.1 Å². The second-order valence-corrected chi connectivity index (χ2v) is 6.09. The van der Waals surface area contributed by atoms with Crippen molar-refractivity contribution in [2.75, 3.05) is 0 Å². The number of nitrogens with zero attached hydrogens (tertiary/aromatic N) is 4. The molecular formula is C15H11Cl3N4. The maximum Gasteiger partial charge on any atom is 0.182 e. The normalized spacial score (nSPS) is 11.7. The smallest absolute Gasteiger partial charge is 0.182 e. The number of hydrogen-bond donors (Lipinski definition) is 0. The molecule has 22 heavy (non-hydrogen) atoms. The molecule has 0 saturated carbocycles. The number of fused-ring (bicyclic) bond motifs is 1. The molecule has 0 saturated heterocycles. The van der Waals surface area contributed by atoms with Gasteiger partial charge in [0.1, 0.15) is 11.3 Å². The van der Waals surface area contributed by atoms with Gasteiger partial charge in [-0.05, 0) is 37.6 Å². The van der Waals surface area contributed by atoms with Crippen molar-refractivity contribution < 1.29 is 0 Å². The third kappa shape index (κ3) is 2.82. The maximum absolute atomic E-state index is 6.11. The van der Waals surface area contributed by atoms with Gasteiger partial charge in [-0.2, -0.15) is 0 Å². The number of pyridine rings is 1. The Bertz CT molecular complexity index is 899. The summed E-state index contributed by atoms with van der Waals surface area (Å²) in [6.45, 7) is 3.89. The number of benzene rings is 1. The van der Waals surface area contributed by atoms with Crippen LogP contribution in [0, 0.1) is 13.8 Å². The number of halogens is 3. The van der Waals surface area contributed by atoms with Crippen molar-refractivity contribution in [2.24, 2.45) is 10.2 Å². The van der Waals surface area contributed by atoms with Crippen molar-refractivity contribution in [1.82, 2.24) is 9.38 Å². The van der Waals surface area contributed by atoms with Crippen LogP contribution in [0.3, 0.4) is 0 Å². The van der Waals surface area contributed by atoms with Gasteiger partial charge in [-0.3, -0.25) is 4.40 Å². The first-order chi connectivity index (χ1) is 10.5. The van der Waals surface area contributed by atoms with E-state index < -0.39 is 0 Å². The Hall–Kier alpha value is -1.62. The lowest BCUT2D eigenvalue weighted by molar-refractivity contribution is 1.08. The van der Waals surface area contributed by atoms with Crippen molar-refractivity contribution in [3.63, 3.8) is 0 Å². The standard InChI is InChI=1S/C15H11Cl3N4/c1-8-3-4-14-19-9(2)15(22(14)7-8)21-20-13-6-11(17)10(16)5-12(13)18/h3-7H,1-2H3. The van der Waals surface area contributed by atoms with Crippen molar-refractivity contribution in [3.8, 4) is 0 Å². The van der Waals surface area contributed by atoms with Crippen molar-refractivity contribution >= 4 is 52.0 Å². The lowest BCUT2D eigenvalue weighted by Crippen LogP contribution is -1.84. The lowest BCUT2D eigenvalue weighted by Gasteiger charge is -2.01. The summed E-state index contributed by atoms with van der Waals surface area (Å²) in [6, 6.07) is 7.07. The molecule has 0 amide bonds. The zero-order valence-electron chi connectivity index (χ0n) is 11.8. The highest BCUT2D eigenvalue weighted by Crippen LogP contribution is 2.35.